The van der Waals surface area contributed by atoms with E-state index in [9.17, 15) is 15.0 Å². The van der Waals surface area contributed by atoms with E-state index in [1.807, 2.05) is 36.4 Å². The van der Waals surface area contributed by atoms with E-state index in [1.54, 1.807) is 12.1 Å². The molecule has 0 saturated carbocycles. The van der Waals surface area contributed by atoms with Crippen molar-refractivity contribution in [2.24, 2.45) is 0 Å². The van der Waals surface area contributed by atoms with Gasteiger partial charge in [0.15, 0.2) is 6.20 Å². The Hall–Kier alpha value is -2.12. The smallest absolute Gasteiger partial charge is 0.339 e. The summed E-state index contributed by atoms with van der Waals surface area (Å²) >= 11 is 25.8. The number of aromatic nitrogens is 4. The molecule has 4 aromatic heterocycles. The van der Waals surface area contributed by atoms with Gasteiger partial charge in [-0.2, -0.15) is 4.73 Å². The third kappa shape index (κ3) is 5.85. The van der Waals surface area contributed by atoms with Crippen LogP contribution in [0.2, 0.25) is 10.3 Å². The fraction of sp³-hybridized carbons (Fsp3) is 0.231. The van der Waals surface area contributed by atoms with E-state index >= 15 is 0 Å². The molecular weight excluding hydrogens is 625 g/mol. The van der Waals surface area contributed by atoms with Crippen molar-refractivity contribution in [1.82, 2.24) is 9.97 Å². The first-order valence-electron chi connectivity index (χ1n) is 11.5. The standard InChI is InChI=1S/C13H10Cl2N2.C13H13N2O2.Cl3OP/c1-13(2)7-3-5-9(14)16-11(7)12-8(13)4-6-10(15)17-12;1-13(2)9-5-3-7-14(16)11(9)12-10(13)6-4-8-15(12)17;1-5(2,3)4/h3-6H,1-2H3;3-8,16H,1-2H3;/q;+1;. The molecule has 4 heterocycles. The Morgan fingerprint density at radius 3 is 1.64 bits per heavy atom. The lowest BCUT2D eigenvalue weighted by atomic mass is 9.83. The normalized spacial score (nSPS) is 15.0. The maximum atomic E-state index is 11.9. The van der Waals surface area contributed by atoms with Crippen molar-refractivity contribution in [3.05, 3.63) is 98.7 Å². The molecule has 0 aromatic carbocycles. The minimum atomic E-state index is -3.22. The van der Waals surface area contributed by atoms with Crippen molar-refractivity contribution in [2.45, 2.75) is 38.5 Å². The van der Waals surface area contributed by atoms with Crippen molar-refractivity contribution >= 4 is 62.1 Å². The van der Waals surface area contributed by atoms with Gasteiger partial charge >= 0.3 is 10.9 Å². The highest BCUT2D eigenvalue weighted by atomic mass is 36.0. The number of nitrogens with zero attached hydrogens (tertiary/aromatic N) is 4. The Labute approximate surface area is 250 Å². The molecule has 1 N–H and O–H groups in total. The van der Waals surface area contributed by atoms with Gasteiger partial charge in [-0.15, -0.1) is 0 Å². The van der Waals surface area contributed by atoms with Gasteiger partial charge in [0.1, 0.15) is 10.3 Å². The Morgan fingerprint density at radius 2 is 1.15 bits per heavy atom. The fourth-order valence-electron chi connectivity index (χ4n) is 4.99. The van der Waals surface area contributed by atoms with Crippen LogP contribution in [0.1, 0.15) is 49.9 Å². The van der Waals surface area contributed by atoms with E-state index in [-0.39, 0.29) is 10.8 Å². The molecule has 13 heteroatoms. The monoisotopic (exact) mass is 645 g/mol. The molecule has 0 amide bonds. The molecule has 0 radical (unpaired) electrons. The summed E-state index contributed by atoms with van der Waals surface area (Å²) in [6, 6.07) is 15.1. The Morgan fingerprint density at radius 1 is 0.744 bits per heavy atom. The molecule has 7 nitrogen and oxygen atoms in total. The summed E-state index contributed by atoms with van der Waals surface area (Å²) in [5.74, 6) is 0. The highest BCUT2D eigenvalue weighted by Gasteiger charge is 2.47. The van der Waals surface area contributed by atoms with Crippen molar-refractivity contribution in [3.8, 4) is 22.8 Å². The van der Waals surface area contributed by atoms with E-state index in [1.165, 1.54) is 12.4 Å². The quantitative estimate of drug-likeness (QED) is 0.0686. The lowest BCUT2D eigenvalue weighted by Gasteiger charge is -2.20. The summed E-state index contributed by atoms with van der Waals surface area (Å²) in [5, 5.41) is 19.5. The van der Waals surface area contributed by atoms with Gasteiger partial charge in [0.25, 0.3) is 5.69 Å². The average Bonchev–Trinajstić information content (AvgIpc) is 3.19. The second-order valence-electron chi connectivity index (χ2n) is 9.92. The van der Waals surface area contributed by atoms with Crippen LogP contribution >= 0.6 is 62.1 Å². The van der Waals surface area contributed by atoms with Crippen LogP contribution in [0, 0.1) is 5.21 Å². The summed E-state index contributed by atoms with van der Waals surface area (Å²) in [4.78, 5) is 8.75. The fourth-order valence-corrected chi connectivity index (χ4v) is 5.29. The lowest BCUT2D eigenvalue weighted by Crippen LogP contribution is -2.38. The van der Waals surface area contributed by atoms with Gasteiger partial charge < -0.3 is 5.21 Å². The molecule has 0 atom stereocenters. The van der Waals surface area contributed by atoms with E-state index in [0.29, 0.717) is 21.7 Å². The van der Waals surface area contributed by atoms with Gasteiger partial charge in [-0.05, 0) is 69.1 Å². The van der Waals surface area contributed by atoms with E-state index in [4.69, 9.17) is 23.2 Å². The predicted octanol–water partition coefficient (Wildman–Crippen LogP) is 8.05. The van der Waals surface area contributed by atoms with Crippen molar-refractivity contribution in [1.29, 1.82) is 0 Å². The topological polar surface area (TPSA) is 93.9 Å². The van der Waals surface area contributed by atoms with Crippen LogP contribution in [0.5, 0.6) is 0 Å². The van der Waals surface area contributed by atoms with Crippen LogP contribution < -0.4 is 9.46 Å². The number of hydrogen-bond donors (Lipinski definition) is 1. The van der Waals surface area contributed by atoms with Gasteiger partial charge in [0.05, 0.1) is 11.4 Å². The molecular formula is C26H23Cl5N4O3P+. The van der Waals surface area contributed by atoms with Gasteiger partial charge in [-0.1, -0.05) is 63.0 Å². The molecule has 0 unspecified atom stereocenters. The van der Waals surface area contributed by atoms with E-state index in [0.717, 1.165) is 43.1 Å². The maximum Gasteiger partial charge on any atom is 0.339 e. The van der Waals surface area contributed by atoms with Gasteiger partial charge in [-0.3, -0.25) is 9.77 Å². The molecule has 204 valence electrons. The first kappa shape index (κ1) is 29.9. The Balaban J connectivity index is 0.000000155. The number of hydrogen-bond acceptors (Lipinski definition) is 5. The van der Waals surface area contributed by atoms with Crippen LogP contribution in [-0.2, 0) is 15.4 Å². The van der Waals surface area contributed by atoms with Crippen molar-refractivity contribution in [3.63, 3.8) is 0 Å². The molecule has 0 aliphatic heterocycles. The number of pyridine rings is 4. The average molecular weight is 648 g/mol. The Bertz CT molecular complexity index is 1530. The summed E-state index contributed by atoms with van der Waals surface area (Å²) in [7, 11) is 0. The maximum absolute atomic E-state index is 11.9. The van der Waals surface area contributed by atoms with Crippen LogP contribution in [-0.4, -0.2) is 15.2 Å². The molecule has 39 heavy (non-hydrogen) atoms. The molecule has 0 fully saturated rings. The Kier molecular flexibility index (Phi) is 8.19. The van der Waals surface area contributed by atoms with Crippen LogP contribution in [0.3, 0.4) is 0 Å². The second-order valence-corrected chi connectivity index (χ2v) is 17.3. The number of rotatable bonds is 0. The summed E-state index contributed by atoms with van der Waals surface area (Å²) < 4.78 is 11.4. The van der Waals surface area contributed by atoms with E-state index in [2.05, 4.69) is 71.4 Å². The highest BCUT2D eigenvalue weighted by Crippen LogP contribution is 2.61. The molecule has 6 rings (SSSR count). The van der Waals surface area contributed by atoms with Gasteiger partial charge in [0, 0.05) is 38.8 Å². The first-order chi connectivity index (χ1) is 18.0. The summed E-state index contributed by atoms with van der Waals surface area (Å²) in [6.07, 6.45) is 2.99. The zero-order valence-corrected chi connectivity index (χ0v) is 25.8. The zero-order valence-electron chi connectivity index (χ0n) is 21.2. The third-order valence-electron chi connectivity index (χ3n) is 6.80. The molecule has 2 aliphatic rings. The zero-order chi connectivity index (χ0) is 28.9. The molecule has 4 aromatic rings. The van der Waals surface area contributed by atoms with Crippen molar-refractivity contribution in [2.75, 3.05) is 0 Å². The van der Waals surface area contributed by atoms with Crippen LogP contribution in [0.25, 0.3) is 22.8 Å². The van der Waals surface area contributed by atoms with Crippen LogP contribution in [0.4, 0.5) is 0 Å². The summed E-state index contributed by atoms with van der Waals surface area (Å²) in [6.45, 7) is 8.42. The second kappa shape index (κ2) is 10.7. The number of halogens is 5. The third-order valence-corrected chi connectivity index (χ3v) is 7.22. The highest BCUT2D eigenvalue weighted by molar-refractivity contribution is 8.24. The minimum Gasteiger partial charge on any atom is -0.618 e. The summed E-state index contributed by atoms with van der Waals surface area (Å²) in [5.41, 5.74) is 6.66. The SMILES string of the molecule is CC1(C)c2ccc(Cl)nc2-c2nc(Cl)ccc21.CC1(C)c2ccc[n+]([O-])c2-c2c1ccc[n+]2O.O=P(Cl)(Cl)Cl. The molecule has 0 bridgehead atoms. The van der Waals surface area contributed by atoms with Gasteiger partial charge in [0.2, 0.25) is 6.20 Å². The first-order valence-corrected chi connectivity index (χ1v) is 16.7. The van der Waals surface area contributed by atoms with Crippen molar-refractivity contribution < 1.29 is 19.2 Å². The lowest BCUT2D eigenvalue weighted by molar-refractivity contribution is -0.898. The van der Waals surface area contributed by atoms with Gasteiger partial charge in [-0.25, -0.2) is 9.97 Å². The molecule has 2 aliphatic carbocycles. The largest absolute Gasteiger partial charge is 0.618 e. The van der Waals surface area contributed by atoms with Crippen LogP contribution in [0.15, 0.2) is 60.9 Å². The number of fused-ring (bicyclic) bond motifs is 6. The predicted molar refractivity (Wildman–Crippen MR) is 155 cm³/mol. The molecule has 0 spiro atoms. The minimum absolute atomic E-state index is 0.0974. The van der Waals surface area contributed by atoms with E-state index < -0.39 is 5.20 Å². The molecule has 0 saturated heterocycles.